The number of benzene rings is 1. The van der Waals surface area contributed by atoms with Crippen LogP contribution < -0.4 is 10.6 Å². The second kappa shape index (κ2) is 7.58. The maximum Gasteiger partial charge on any atom is 0.255 e. The third kappa shape index (κ3) is 3.88. The molecule has 2 atom stereocenters. The first kappa shape index (κ1) is 18.0. The molecule has 6 heteroatoms. The number of amides is 1. The largest absolute Gasteiger partial charge is 0.348 e. The first-order chi connectivity index (χ1) is 12.0. The Bertz CT molecular complexity index is 771. The van der Waals surface area contributed by atoms with Gasteiger partial charge in [0.15, 0.2) is 0 Å². The molecule has 0 saturated carbocycles. The van der Waals surface area contributed by atoms with Crippen molar-refractivity contribution in [2.75, 3.05) is 6.54 Å². The van der Waals surface area contributed by atoms with Gasteiger partial charge in [-0.1, -0.05) is 29.8 Å². The Morgan fingerprint density at radius 2 is 2.16 bits per heavy atom. The molecule has 0 aliphatic carbocycles. The SMILES string of the molecule is Cc1nn(Cc2ccccc2Cl)c(C)c1C(=O)NC1CCCNC1C. The summed E-state index contributed by atoms with van der Waals surface area (Å²) < 4.78 is 1.86. The smallest absolute Gasteiger partial charge is 0.255 e. The number of hydrogen-bond donors (Lipinski definition) is 2. The maximum absolute atomic E-state index is 12.8. The number of nitrogens with zero attached hydrogens (tertiary/aromatic N) is 2. The average molecular weight is 361 g/mol. The molecule has 0 spiro atoms. The fourth-order valence-electron chi connectivity index (χ4n) is 3.45. The third-order valence-electron chi connectivity index (χ3n) is 4.96. The zero-order valence-corrected chi connectivity index (χ0v) is 15.7. The highest BCUT2D eigenvalue weighted by atomic mass is 35.5. The van der Waals surface area contributed by atoms with E-state index in [1.807, 2.05) is 42.8 Å². The van der Waals surface area contributed by atoms with Gasteiger partial charge in [0.2, 0.25) is 0 Å². The van der Waals surface area contributed by atoms with Gasteiger partial charge in [0.25, 0.3) is 5.91 Å². The zero-order chi connectivity index (χ0) is 18.0. The van der Waals surface area contributed by atoms with Gasteiger partial charge in [-0.25, -0.2) is 0 Å². The summed E-state index contributed by atoms with van der Waals surface area (Å²) in [5.41, 5.74) is 3.28. The van der Waals surface area contributed by atoms with E-state index in [0.29, 0.717) is 17.1 Å². The van der Waals surface area contributed by atoms with Crippen LogP contribution in [-0.4, -0.2) is 34.3 Å². The highest BCUT2D eigenvalue weighted by Crippen LogP contribution is 2.20. The van der Waals surface area contributed by atoms with E-state index in [-0.39, 0.29) is 18.0 Å². The lowest BCUT2D eigenvalue weighted by atomic mass is 9.99. The second-order valence-corrected chi connectivity index (χ2v) is 7.17. The molecule has 1 aromatic carbocycles. The predicted octanol–water partition coefficient (Wildman–Crippen LogP) is 3.07. The molecule has 1 aliphatic rings. The molecular weight excluding hydrogens is 336 g/mol. The van der Waals surface area contributed by atoms with E-state index in [1.54, 1.807) is 0 Å². The van der Waals surface area contributed by atoms with Crippen molar-refractivity contribution in [3.05, 3.63) is 51.8 Å². The van der Waals surface area contributed by atoms with Gasteiger partial charge in [0.05, 0.1) is 17.8 Å². The molecule has 1 amide bonds. The lowest BCUT2D eigenvalue weighted by molar-refractivity contribution is 0.0918. The van der Waals surface area contributed by atoms with Crippen molar-refractivity contribution < 1.29 is 4.79 Å². The van der Waals surface area contributed by atoms with Crippen LogP contribution in [0.4, 0.5) is 0 Å². The molecule has 1 fully saturated rings. The third-order valence-corrected chi connectivity index (χ3v) is 5.33. The van der Waals surface area contributed by atoms with Gasteiger partial charge in [0.1, 0.15) is 0 Å². The van der Waals surface area contributed by atoms with Gasteiger partial charge < -0.3 is 10.6 Å². The number of aryl methyl sites for hydroxylation is 1. The molecular formula is C19H25ClN4O. The minimum absolute atomic E-state index is 0.0408. The first-order valence-corrected chi connectivity index (χ1v) is 9.17. The number of carbonyl (C=O) groups excluding carboxylic acids is 1. The Kier molecular flexibility index (Phi) is 5.45. The van der Waals surface area contributed by atoms with E-state index >= 15 is 0 Å². The molecule has 0 bridgehead atoms. The van der Waals surface area contributed by atoms with Crippen molar-refractivity contribution in [3.63, 3.8) is 0 Å². The van der Waals surface area contributed by atoms with Gasteiger partial charge >= 0.3 is 0 Å². The van der Waals surface area contributed by atoms with E-state index < -0.39 is 0 Å². The molecule has 2 N–H and O–H groups in total. The minimum Gasteiger partial charge on any atom is -0.348 e. The summed E-state index contributed by atoms with van der Waals surface area (Å²) in [5.74, 6) is -0.0408. The number of piperidine rings is 1. The molecule has 3 rings (SSSR count). The van der Waals surface area contributed by atoms with E-state index in [9.17, 15) is 4.79 Å². The number of halogens is 1. The van der Waals surface area contributed by atoms with Gasteiger partial charge in [-0.2, -0.15) is 5.10 Å². The summed E-state index contributed by atoms with van der Waals surface area (Å²) in [5, 5.41) is 11.9. The Balaban J connectivity index is 1.79. The molecule has 1 saturated heterocycles. The number of hydrogen-bond acceptors (Lipinski definition) is 3. The maximum atomic E-state index is 12.8. The highest BCUT2D eigenvalue weighted by Gasteiger charge is 2.26. The van der Waals surface area contributed by atoms with Crippen molar-refractivity contribution >= 4 is 17.5 Å². The van der Waals surface area contributed by atoms with Crippen LogP contribution in [0.25, 0.3) is 0 Å². The van der Waals surface area contributed by atoms with Crippen LogP contribution in [0.1, 0.15) is 47.1 Å². The Morgan fingerprint density at radius 1 is 1.40 bits per heavy atom. The second-order valence-electron chi connectivity index (χ2n) is 6.76. The lowest BCUT2D eigenvalue weighted by Crippen LogP contribution is -2.52. The number of aromatic nitrogens is 2. The molecule has 1 aromatic heterocycles. The fourth-order valence-corrected chi connectivity index (χ4v) is 3.64. The molecule has 5 nitrogen and oxygen atoms in total. The standard InChI is InChI=1S/C19H25ClN4O/c1-12-17(9-6-10-21-12)22-19(25)18-13(2)23-24(14(18)3)11-15-7-4-5-8-16(15)20/h4-5,7-8,12,17,21H,6,9-11H2,1-3H3,(H,22,25). The Hall–Kier alpha value is -1.85. The van der Waals surface area contributed by atoms with Crippen LogP contribution in [-0.2, 0) is 6.54 Å². The highest BCUT2D eigenvalue weighted by molar-refractivity contribution is 6.31. The van der Waals surface area contributed by atoms with Crippen LogP contribution >= 0.6 is 11.6 Å². The van der Waals surface area contributed by atoms with Crippen LogP contribution in [0.2, 0.25) is 5.02 Å². The van der Waals surface area contributed by atoms with Crippen molar-refractivity contribution in [1.82, 2.24) is 20.4 Å². The van der Waals surface area contributed by atoms with Gasteiger partial charge in [-0.15, -0.1) is 0 Å². The number of nitrogens with one attached hydrogen (secondary N) is 2. The van der Waals surface area contributed by atoms with Crippen LogP contribution in [0.5, 0.6) is 0 Å². The van der Waals surface area contributed by atoms with Crippen molar-refractivity contribution in [1.29, 1.82) is 0 Å². The van der Waals surface area contributed by atoms with E-state index in [1.165, 1.54) is 0 Å². The average Bonchev–Trinajstić information content (AvgIpc) is 2.86. The summed E-state index contributed by atoms with van der Waals surface area (Å²) in [6.07, 6.45) is 2.09. The molecule has 2 heterocycles. The summed E-state index contributed by atoms with van der Waals surface area (Å²) in [6.45, 7) is 7.51. The van der Waals surface area contributed by atoms with Crippen LogP contribution in [0.3, 0.4) is 0 Å². The topological polar surface area (TPSA) is 59.0 Å². The van der Waals surface area contributed by atoms with E-state index in [2.05, 4.69) is 22.7 Å². The molecule has 0 radical (unpaired) electrons. The van der Waals surface area contributed by atoms with E-state index in [0.717, 1.165) is 36.3 Å². The minimum atomic E-state index is -0.0408. The van der Waals surface area contributed by atoms with Crippen LogP contribution in [0, 0.1) is 13.8 Å². The fraction of sp³-hybridized carbons (Fsp3) is 0.474. The van der Waals surface area contributed by atoms with Gasteiger partial charge in [0, 0.05) is 22.8 Å². The summed E-state index contributed by atoms with van der Waals surface area (Å²) in [6, 6.07) is 8.16. The van der Waals surface area contributed by atoms with Gasteiger partial charge in [-0.05, 0) is 51.8 Å². The summed E-state index contributed by atoms with van der Waals surface area (Å²) >= 11 is 6.25. The predicted molar refractivity (Wildman–Crippen MR) is 100 cm³/mol. The normalized spacial score (nSPS) is 20.5. The van der Waals surface area contributed by atoms with Crippen LogP contribution in [0.15, 0.2) is 24.3 Å². The zero-order valence-electron chi connectivity index (χ0n) is 15.0. The number of carbonyl (C=O) groups is 1. The quantitative estimate of drug-likeness (QED) is 0.880. The Morgan fingerprint density at radius 3 is 2.88 bits per heavy atom. The molecule has 1 aliphatic heterocycles. The first-order valence-electron chi connectivity index (χ1n) is 8.79. The lowest BCUT2D eigenvalue weighted by Gasteiger charge is -2.30. The van der Waals surface area contributed by atoms with E-state index in [4.69, 9.17) is 11.6 Å². The summed E-state index contributed by atoms with van der Waals surface area (Å²) in [7, 11) is 0. The van der Waals surface area contributed by atoms with Crippen molar-refractivity contribution in [2.24, 2.45) is 0 Å². The Labute approximate surface area is 153 Å². The number of rotatable bonds is 4. The van der Waals surface area contributed by atoms with Crippen molar-refractivity contribution in [3.8, 4) is 0 Å². The van der Waals surface area contributed by atoms with Crippen molar-refractivity contribution in [2.45, 2.75) is 52.2 Å². The monoisotopic (exact) mass is 360 g/mol. The summed E-state index contributed by atoms with van der Waals surface area (Å²) in [4.78, 5) is 12.8. The van der Waals surface area contributed by atoms with Gasteiger partial charge in [-0.3, -0.25) is 9.48 Å². The molecule has 25 heavy (non-hydrogen) atoms. The molecule has 2 unspecified atom stereocenters. The molecule has 2 aromatic rings. The molecule has 134 valence electrons.